The molecule has 3 rings (SSSR count). The van der Waals surface area contributed by atoms with E-state index < -0.39 is 5.91 Å². The molecule has 2 aromatic carbocycles. The van der Waals surface area contributed by atoms with Crippen LogP contribution in [0, 0.1) is 5.41 Å². The van der Waals surface area contributed by atoms with E-state index in [1.807, 2.05) is 0 Å². The Bertz CT molecular complexity index is 1230. The number of hydrogen-bond donors (Lipinski definition) is 5. The van der Waals surface area contributed by atoms with Gasteiger partial charge in [0.05, 0.1) is 11.3 Å². The van der Waals surface area contributed by atoms with E-state index in [-0.39, 0.29) is 18.2 Å². The van der Waals surface area contributed by atoms with Crippen LogP contribution in [0.25, 0.3) is 0 Å². The standard InChI is InChI=1S/C29H37N7O3/c1-36(2)27(31)21-10-12-22(13-11-21)28(37)34-25-15-14-23(39-20-32-17-7-4-3-6-16-30)19-24(25)29(38)35-26-9-5-8-18-33-26/h5,8-15,18-19,31-32H,3-4,6-7,16-17,20,30H2,1-2H3,(H,34,37)(H,33,35,38). The molecule has 0 spiro atoms. The molecule has 0 unspecified atom stereocenters. The summed E-state index contributed by atoms with van der Waals surface area (Å²) >= 11 is 0. The van der Waals surface area contributed by atoms with Gasteiger partial charge < -0.3 is 26.0 Å². The molecular formula is C29H37N7O3. The van der Waals surface area contributed by atoms with E-state index in [2.05, 4.69) is 20.9 Å². The molecule has 0 aliphatic heterocycles. The van der Waals surface area contributed by atoms with Crippen LogP contribution in [-0.4, -0.2) is 61.4 Å². The number of amidine groups is 1. The van der Waals surface area contributed by atoms with Crippen molar-refractivity contribution in [2.75, 3.05) is 44.5 Å². The summed E-state index contributed by atoms with van der Waals surface area (Å²) in [4.78, 5) is 32.0. The van der Waals surface area contributed by atoms with E-state index in [4.69, 9.17) is 15.9 Å². The first-order valence-corrected chi connectivity index (χ1v) is 13.0. The van der Waals surface area contributed by atoms with Gasteiger partial charge in [0.1, 0.15) is 24.1 Å². The number of hydrogen-bond acceptors (Lipinski definition) is 7. The van der Waals surface area contributed by atoms with Gasteiger partial charge in [-0.3, -0.25) is 20.3 Å². The SMILES string of the molecule is CN(C)C(=N)c1ccc(C(=O)Nc2ccc(OCNCCCCCCN)cc2C(=O)Nc2ccccn2)cc1. The minimum absolute atomic E-state index is 0.235. The lowest BCUT2D eigenvalue weighted by atomic mass is 10.1. The van der Waals surface area contributed by atoms with Crippen molar-refractivity contribution in [1.82, 2.24) is 15.2 Å². The number of anilines is 2. The van der Waals surface area contributed by atoms with Crippen molar-refractivity contribution < 1.29 is 14.3 Å². The molecule has 0 aliphatic carbocycles. The number of nitrogens with zero attached hydrogens (tertiary/aromatic N) is 2. The molecule has 1 heterocycles. The molecule has 0 aliphatic rings. The van der Waals surface area contributed by atoms with Gasteiger partial charge in [-0.05, 0) is 68.4 Å². The van der Waals surface area contributed by atoms with Gasteiger partial charge in [-0.1, -0.05) is 31.0 Å². The number of amides is 2. The van der Waals surface area contributed by atoms with Crippen molar-refractivity contribution >= 4 is 29.2 Å². The average molecular weight is 532 g/mol. The lowest BCUT2D eigenvalue weighted by molar-refractivity contribution is 0.102. The van der Waals surface area contributed by atoms with Gasteiger partial charge in [-0.25, -0.2) is 4.98 Å². The maximum atomic E-state index is 13.2. The maximum absolute atomic E-state index is 13.2. The fourth-order valence-electron chi connectivity index (χ4n) is 3.72. The second-order valence-corrected chi connectivity index (χ2v) is 9.14. The number of unbranched alkanes of at least 4 members (excludes halogenated alkanes) is 3. The Morgan fingerprint density at radius 1 is 0.923 bits per heavy atom. The van der Waals surface area contributed by atoms with Crippen LogP contribution in [0.2, 0.25) is 0 Å². The summed E-state index contributed by atoms with van der Waals surface area (Å²) in [5.41, 5.74) is 7.18. The summed E-state index contributed by atoms with van der Waals surface area (Å²) < 4.78 is 5.81. The highest BCUT2D eigenvalue weighted by molar-refractivity contribution is 6.12. The molecule has 1 aromatic heterocycles. The molecule has 2 amide bonds. The molecule has 0 bridgehead atoms. The molecule has 0 atom stereocenters. The Morgan fingerprint density at radius 2 is 1.67 bits per heavy atom. The van der Waals surface area contributed by atoms with Gasteiger partial charge in [0.15, 0.2) is 0 Å². The molecule has 0 fully saturated rings. The molecule has 6 N–H and O–H groups in total. The van der Waals surface area contributed by atoms with Crippen LogP contribution in [-0.2, 0) is 0 Å². The molecule has 10 heteroatoms. The molecule has 0 saturated heterocycles. The van der Waals surface area contributed by atoms with E-state index in [0.29, 0.717) is 34.2 Å². The number of ether oxygens (including phenoxy) is 1. The van der Waals surface area contributed by atoms with Gasteiger partial charge in [0.2, 0.25) is 0 Å². The van der Waals surface area contributed by atoms with Gasteiger partial charge in [0, 0.05) is 31.4 Å². The fourth-order valence-corrected chi connectivity index (χ4v) is 3.72. The van der Waals surface area contributed by atoms with E-state index in [1.54, 1.807) is 85.9 Å². The van der Waals surface area contributed by atoms with Gasteiger partial charge in [-0.2, -0.15) is 0 Å². The highest BCUT2D eigenvalue weighted by Gasteiger charge is 2.17. The first-order chi connectivity index (χ1) is 18.9. The zero-order chi connectivity index (χ0) is 28.0. The second kappa shape index (κ2) is 15.2. The first-order valence-electron chi connectivity index (χ1n) is 13.0. The second-order valence-electron chi connectivity index (χ2n) is 9.14. The van der Waals surface area contributed by atoms with E-state index in [1.165, 1.54) is 0 Å². The largest absolute Gasteiger partial charge is 0.478 e. The summed E-state index contributed by atoms with van der Waals surface area (Å²) in [6.45, 7) is 1.83. The molecule has 3 aromatic rings. The van der Waals surface area contributed by atoms with E-state index >= 15 is 0 Å². The van der Waals surface area contributed by atoms with Crippen molar-refractivity contribution in [1.29, 1.82) is 5.41 Å². The van der Waals surface area contributed by atoms with Crippen molar-refractivity contribution in [3.63, 3.8) is 0 Å². The Morgan fingerprint density at radius 3 is 2.36 bits per heavy atom. The quantitative estimate of drug-likeness (QED) is 0.0917. The lowest BCUT2D eigenvalue weighted by Crippen LogP contribution is -2.22. The van der Waals surface area contributed by atoms with Crippen molar-refractivity contribution in [2.45, 2.75) is 25.7 Å². The Hall–Kier alpha value is -4.28. The summed E-state index contributed by atoms with van der Waals surface area (Å²) in [6.07, 6.45) is 5.87. The minimum Gasteiger partial charge on any atom is -0.478 e. The summed E-state index contributed by atoms with van der Waals surface area (Å²) in [5.74, 6) is 0.404. The van der Waals surface area contributed by atoms with Crippen LogP contribution in [0.5, 0.6) is 5.75 Å². The summed E-state index contributed by atoms with van der Waals surface area (Å²) in [6, 6.07) is 16.9. The summed E-state index contributed by atoms with van der Waals surface area (Å²) in [5, 5.41) is 16.9. The van der Waals surface area contributed by atoms with Crippen LogP contribution in [0.3, 0.4) is 0 Å². The van der Waals surface area contributed by atoms with Crippen LogP contribution in [0.4, 0.5) is 11.5 Å². The number of pyridine rings is 1. The predicted octanol–water partition coefficient (Wildman–Crippen LogP) is 3.92. The third-order valence-electron chi connectivity index (χ3n) is 5.91. The Balaban J connectivity index is 1.70. The monoisotopic (exact) mass is 531 g/mol. The van der Waals surface area contributed by atoms with Crippen LogP contribution < -0.4 is 26.4 Å². The number of carbonyl (C=O) groups excluding carboxylic acids is 2. The molecule has 206 valence electrons. The van der Waals surface area contributed by atoms with Crippen LogP contribution in [0.15, 0.2) is 66.9 Å². The number of rotatable bonds is 14. The lowest BCUT2D eigenvalue weighted by Gasteiger charge is -2.15. The molecule has 0 saturated carbocycles. The maximum Gasteiger partial charge on any atom is 0.259 e. The predicted molar refractivity (Wildman–Crippen MR) is 155 cm³/mol. The fraction of sp³-hybridized carbons (Fsp3) is 0.310. The van der Waals surface area contributed by atoms with Gasteiger partial charge >= 0.3 is 0 Å². The number of benzene rings is 2. The molecule has 0 radical (unpaired) electrons. The molecular weight excluding hydrogens is 494 g/mol. The third-order valence-corrected chi connectivity index (χ3v) is 5.91. The molecule has 39 heavy (non-hydrogen) atoms. The number of aromatic nitrogens is 1. The van der Waals surface area contributed by atoms with E-state index in [9.17, 15) is 9.59 Å². The van der Waals surface area contributed by atoms with Crippen molar-refractivity contribution in [3.05, 3.63) is 83.6 Å². The Labute approximate surface area is 229 Å². The summed E-state index contributed by atoms with van der Waals surface area (Å²) in [7, 11) is 3.57. The number of nitrogens with two attached hydrogens (primary N) is 1. The highest BCUT2D eigenvalue weighted by atomic mass is 16.5. The number of nitrogens with one attached hydrogen (secondary N) is 4. The third kappa shape index (κ3) is 9.20. The minimum atomic E-state index is -0.433. The average Bonchev–Trinajstić information content (AvgIpc) is 2.95. The van der Waals surface area contributed by atoms with Crippen LogP contribution in [0.1, 0.15) is 52.0 Å². The number of carbonyl (C=O) groups is 2. The zero-order valence-electron chi connectivity index (χ0n) is 22.5. The van der Waals surface area contributed by atoms with Gasteiger partial charge in [0.25, 0.3) is 11.8 Å². The zero-order valence-corrected chi connectivity index (χ0v) is 22.5. The smallest absolute Gasteiger partial charge is 0.259 e. The first kappa shape index (κ1) is 29.3. The Kier molecular flexibility index (Phi) is 11.4. The van der Waals surface area contributed by atoms with Crippen LogP contribution >= 0.6 is 0 Å². The normalized spacial score (nSPS) is 10.5. The van der Waals surface area contributed by atoms with Crippen molar-refractivity contribution in [3.8, 4) is 5.75 Å². The van der Waals surface area contributed by atoms with Gasteiger partial charge in [-0.15, -0.1) is 0 Å². The van der Waals surface area contributed by atoms with E-state index in [0.717, 1.165) is 38.8 Å². The van der Waals surface area contributed by atoms with Crippen molar-refractivity contribution in [2.24, 2.45) is 5.73 Å². The topological polar surface area (TPSA) is 145 Å². The molecule has 10 nitrogen and oxygen atoms in total. The highest BCUT2D eigenvalue weighted by Crippen LogP contribution is 2.24.